The van der Waals surface area contributed by atoms with E-state index in [-0.39, 0.29) is 17.0 Å². The zero-order valence-corrected chi connectivity index (χ0v) is 18.2. The maximum atomic E-state index is 13.3. The van der Waals surface area contributed by atoms with Gasteiger partial charge in [-0.15, -0.1) is 0 Å². The normalized spacial score (nSPS) is 12.3. The van der Waals surface area contributed by atoms with Crippen molar-refractivity contribution in [1.82, 2.24) is 5.32 Å². The fourth-order valence-electron chi connectivity index (χ4n) is 3.15. The summed E-state index contributed by atoms with van der Waals surface area (Å²) in [6, 6.07) is 18.7. The van der Waals surface area contributed by atoms with E-state index in [1.165, 1.54) is 24.3 Å². The van der Waals surface area contributed by atoms with E-state index in [2.05, 4.69) is 26.1 Å². The Balaban J connectivity index is 1.90. The molecule has 0 fully saturated rings. The Morgan fingerprint density at radius 1 is 1.00 bits per heavy atom. The molecular formula is C25H26FN2OS+. The molecule has 5 heteroatoms. The van der Waals surface area contributed by atoms with Crippen molar-refractivity contribution in [3.05, 3.63) is 102 Å². The molecule has 0 bridgehead atoms. The van der Waals surface area contributed by atoms with Gasteiger partial charge in [0.05, 0.1) is 0 Å². The number of hydrogen-bond donors (Lipinski definition) is 1. The molecule has 0 aliphatic heterocycles. The number of rotatable bonds is 6. The lowest BCUT2D eigenvalue weighted by Crippen LogP contribution is -2.51. The molecular weight excluding hydrogens is 395 g/mol. The van der Waals surface area contributed by atoms with E-state index in [1.807, 2.05) is 54.9 Å². The van der Waals surface area contributed by atoms with Gasteiger partial charge in [-0.05, 0) is 40.8 Å². The molecule has 3 aromatic rings. The van der Waals surface area contributed by atoms with E-state index >= 15 is 0 Å². The van der Waals surface area contributed by atoms with Crippen LogP contribution in [0.2, 0.25) is 0 Å². The van der Waals surface area contributed by atoms with E-state index < -0.39 is 6.04 Å². The maximum absolute atomic E-state index is 13.3. The van der Waals surface area contributed by atoms with Crippen LogP contribution in [0.3, 0.4) is 0 Å². The number of pyridine rings is 1. The highest BCUT2D eigenvalue weighted by Gasteiger charge is 2.33. The molecule has 0 amide bonds. The molecule has 30 heavy (non-hydrogen) atoms. The second-order valence-corrected chi connectivity index (χ2v) is 8.70. The standard InChI is InChI=1S/C25H25FN2OS/c1-25(2,3)20-13-15-28(16-14-20)22(23(29)19-9-11-21(26)12-10-19)24(30)27-17-18-7-5-4-6-8-18/h4-16,22H,17H2,1-3H3/p+1/t22-/m0/s1. The topological polar surface area (TPSA) is 33.0 Å². The van der Waals surface area contributed by atoms with Crippen LogP contribution in [0, 0.1) is 5.82 Å². The highest BCUT2D eigenvalue weighted by atomic mass is 32.1. The minimum absolute atomic E-state index is 0.00161. The summed E-state index contributed by atoms with van der Waals surface area (Å²) in [7, 11) is 0. The summed E-state index contributed by atoms with van der Waals surface area (Å²) in [5.74, 6) is -0.566. The van der Waals surface area contributed by atoms with Crippen LogP contribution >= 0.6 is 12.2 Å². The summed E-state index contributed by atoms with van der Waals surface area (Å²) in [6.45, 7) is 6.94. The second kappa shape index (κ2) is 9.26. The molecule has 2 aromatic carbocycles. The van der Waals surface area contributed by atoms with E-state index in [0.717, 1.165) is 11.1 Å². The van der Waals surface area contributed by atoms with Gasteiger partial charge in [-0.1, -0.05) is 63.3 Å². The quantitative estimate of drug-likeness (QED) is 0.347. The highest BCUT2D eigenvalue weighted by Crippen LogP contribution is 2.21. The largest absolute Gasteiger partial charge is 0.370 e. The van der Waals surface area contributed by atoms with E-state index in [9.17, 15) is 9.18 Å². The SMILES string of the molecule is CC(C)(C)c1cc[n+]([C@@H](C(=O)c2ccc(F)cc2)C(=S)NCc2ccccc2)cc1. The van der Waals surface area contributed by atoms with Crippen molar-refractivity contribution in [2.45, 2.75) is 38.8 Å². The van der Waals surface area contributed by atoms with Gasteiger partial charge < -0.3 is 5.32 Å². The van der Waals surface area contributed by atoms with Gasteiger partial charge in [0.25, 0.3) is 6.04 Å². The number of halogens is 1. The van der Waals surface area contributed by atoms with Gasteiger partial charge in [0, 0.05) is 24.2 Å². The first kappa shape index (κ1) is 21.8. The number of benzene rings is 2. The average molecular weight is 422 g/mol. The minimum Gasteiger partial charge on any atom is -0.370 e. The van der Waals surface area contributed by atoms with Crippen LogP contribution in [0.5, 0.6) is 0 Å². The van der Waals surface area contributed by atoms with E-state index in [1.54, 1.807) is 4.57 Å². The molecule has 0 saturated carbocycles. The summed E-state index contributed by atoms with van der Waals surface area (Å²) in [5.41, 5.74) is 2.65. The number of nitrogens with one attached hydrogen (secondary N) is 1. The molecule has 3 rings (SSSR count). The fourth-order valence-corrected chi connectivity index (χ4v) is 3.45. The number of aromatic nitrogens is 1. The molecule has 0 unspecified atom stereocenters. The lowest BCUT2D eigenvalue weighted by Gasteiger charge is -2.19. The third-order valence-corrected chi connectivity index (χ3v) is 5.32. The Morgan fingerprint density at radius 3 is 2.17 bits per heavy atom. The van der Waals surface area contributed by atoms with Crippen LogP contribution in [0.1, 0.15) is 48.3 Å². The van der Waals surface area contributed by atoms with Gasteiger partial charge in [-0.25, -0.2) is 4.39 Å². The first-order valence-corrected chi connectivity index (χ1v) is 10.3. The highest BCUT2D eigenvalue weighted by molar-refractivity contribution is 7.80. The third kappa shape index (κ3) is 5.36. The van der Waals surface area contributed by atoms with Crippen molar-refractivity contribution in [3.8, 4) is 0 Å². The molecule has 1 aromatic heterocycles. The van der Waals surface area contributed by atoms with Crippen molar-refractivity contribution in [2.24, 2.45) is 0 Å². The minimum atomic E-state index is -0.719. The number of hydrogen-bond acceptors (Lipinski definition) is 2. The van der Waals surface area contributed by atoms with Crippen molar-refractivity contribution in [1.29, 1.82) is 0 Å². The number of nitrogens with zero attached hydrogens (tertiary/aromatic N) is 1. The first-order valence-electron chi connectivity index (χ1n) is 9.88. The van der Waals surface area contributed by atoms with Crippen molar-refractivity contribution in [3.63, 3.8) is 0 Å². The van der Waals surface area contributed by atoms with Crippen LogP contribution in [-0.4, -0.2) is 10.8 Å². The van der Waals surface area contributed by atoms with Crippen LogP contribution < -0.4 is 9.88 Å². The summed E-state index contributed by atoms with van der Waals surface area (Å²) < 4.78 is 15.1. The molecule has 154 valence electrons. The van der Waals surface area contributed by atoms with Crippen LogP contribution in [0.25, 0.3) is 0 Å². The lowest BCUT2D eigenvalue weighted by molar-refractivity contribution is -0.692. The Hall–Kier alpha value is -2.92. The zero-order chi connectivity index (χ0) is 21.7. The Bertz CT molecular complexity index is 1010. The number of ketones is 1. The van der Waals surface area contributed by atoms with Crippen LogP contribution in [0.4, 0.5) is 4.39 Å². The fraction of sp³-hybridized carbons (Fsp3) is 0.240. The van der Waals surface area contributed by atoms with Gasteiger partial charge >= 0.3 is 0 Å². The lowest BCUT2D eigenvalue weighted by atomic mass is 9.88. The third-order valence-electron chi connectivity index (χ3n) is 4.95. The van der Waals surface area contributed by atoms with Crippen molar-refractivity contribution < 1.29 is 13.8 Å². The Kier molecular flexibility index (Phi) is 6.73. The first-order chi connectivity index (χ1) is 14.3. The Morgan fingerprint density at radius 2 is 1.60 bits per heavy atom. The van der Waals surface area contributed by atoms with Gasteiger partial charge in [0.1, 0.15) is 5.82 Å². The summed E-state index contributed by atoms with van der Waals surface area (Å²) in [6.07, 6.45) is 3.76. The molecule has 0 aliphatic carbocycles. The van der Waals surface area contributed by atoms with Gasteiger partial charge in [0.15, 0.2) is 17.4 Å². The van der Waals surface area contributed by atoms with Crippen LogP contribution in [0.15, 0.2) is 79.1 Å². The summed E-state index contributed by atoms with van der Waals surface area (Å²) >= 11 is 5.64. The molecule has 0 radical (unpaired) electrons. The summed E-state index contributed by atoms with van der Waals surface area (Å²) in [5, 5.41) is 3.22. The maximum Gasteiger partial charge on any atom is 0.270 e. The van der Waals surface area contributed by atoms with E-state index in [0.29, 0.717) is 17.1 Å². The van der Waals surface area contributed by atoms with Crippen molar-refractivity contribution in [2.75, 3.05) is 0 Å². The molecule has 0 saturated heterocycles. The predicted molar refractivity (Wildman–Crippen MR) is 121 cm³/mol. The van der Waals surface area contributed by atoms with Gasteiger partial charge in [0.2, 0.25) is 5.78 Å². The van der Waals surface area contributed by atoms with Gasteiger partial charge in [-0.3, -0.25) is 4.79 Å². The smallest absolute Gasteiger partial charge is 0.270 e. The monoisotopic (exact) mass is 421 g/mol. The summed E-state index contributed by atoms with van der Waals surface area (Å²) in [4.78, 5) is 13.7. The average Bonchev–Trinajstić information content (AvgIpc) is 2.73. The number of thiocarbonyl (C=S) groups is 1. The number of Topliss-reactive ketones (excluding diaryl/α,β-unsaturated/α-hetero) is 1. The molecule has 1 heterocycles. The molecule has 3 nitrogen and oxygen atoms in total. The number of carbonyl (C=O) groups is 1. The number of carbonyl (C=O) groups excluding carboxylic acids is 1. The van der Waals surface area contributed by atoms with Crippen molar-refractivity contribution >= 4 is 23.0 Å². The zero-order valence-electron chi connectivity index (χ0n) is 17.4. The molecule has 0 aliphatic rings. The predicted octanol–water partition coefficient (Wildman–Crippen LogP) is 4.95. The molecule has 1 N–H and O–H groups in total. The van der Waals surface area contributed by atoms with E-state index in [4.69, 9.17) is 12.2 Å². The molecule has 1 atom stereocenters. The Labute approximate surface area is 182 Å². The second-order valence-electron chi connectivity index (χ2n) is 8.26. The molecule has 0 spiro atoms. The van der Waals surface area contributed by atoms with Crippen LogP contribution in [-0.2, 0) is 12.0 Å². The van der Waals surface area contributed by atoms with Gasteiger partial charge in [-0.2, -0.15) is 4.57 Å².